The van der Waals surface area contributed by atoms with Crippen molar-refractivity contribution < 1.29 is 4.42 Å². The molecule has 12 aromatic rings. The summed E-state index contributed by atoms with van der Waals surface area (Å²) in [6.07, 6.45) is 0. The molecule has 11 aromatic carbocycles. The minimum Gasteiger partial charge on any atom is -0.455 e. The molecular weight excluding hydrogens is 703 g/mol. The summed E-state index contributed by atoms with van der Waals surface area (Å²) in [4.78, 5) is 2.40. The van der Waals surface area contributed by atoms with Crippen molar-refractivity contribution in [2.75, 3.05) is 4.90 Å². The molecule has 0 spiro atoms. The molecule has 12 rings (SSSR count). The van der Waals surface area contributed by atoms with Crippen LogP contribution in [0.3, 0.4) is 0 Å². The molecule has 0 aliphatic heterocycles. The Labute approximate surface area is 335 Å². The lowest BCUT2D eigenvalue weighted by molar-refractivity contribution is 0.673. The molecule has 0 fully saturated rings. The molecule has 0 bridgehead atoms. The lowest BCUT2D eigenvalue weighted by Crippen LogP contribution is -2.10. The van der Waals surface area contributed by atoms with Gasteiger partial charge in [-0.05, 0) is 108 Å². The van der Waals surface area contributed by atoms with Gasteiger partial charge in [0.15, 0.2) is 0 Å². The number of benzene rings is 11. The van der Waals surface area contributed by atoms with E-state index in [1.165, 1.54) is 59.6 Å². The molecule has 0 unspecified atom stereocenters. The second-order valence-corrected chi connectivity index (χ2v) is 15.2. The van der Waals surface area contributed by atoms with Gasteiger partial charge in [-0.15, -0.1) is 0 Å². The van der Waals surface area contributed by atoms with Crippen LogP contribution in [0.2, 0.25) is 0 Å². The van der Waals surface area contributed by atoms with Crippen molar-refractivity contribution in [3.63, 3.8) is 0 Å². The summed E-state index contributed by atoms with van der Waals surface area (Å²) in [7, 11) is 0. The topological polar surface area (TPSA) is 16.4 Å². The fourth-order valence-electron chi connectivity index (χ4n) is 9.31. The maximum absolute atomic E-state index is 6.55. The van der Waals surface area contributed by atoms with Crippen molar-refractivity contribution in [2.24, 2.45) is 0 Å². The number of fused-ring (bicyclic) bond motifs is 11. The molecule has 0 radical (unpaired) electrons. The summed E-state index contributed by atoms with van der Waals surface area (Å²) in [5.41, 5.74) is 9.88. The van der Waals surface area contributed by atoms with Gasteiger partial charge in [-0.1, -0.05) is 170 Å². The normalized spacial score (nSPS) is 11.8. The van der Waals surface area contributed by atoms with Crippen molar-refractivity contribution in [3.8, 4) is 22.3 Å². The maximum atomic E-state index is 6.55. The highest BCUT2D eigenvalue weighted by atomic mass is 16.3. The number of rotatable bonds is 5. The molecule has 270 valence electrons. The maximum Gasteiger partial charge on any atom is 0.143 e. The van der Waals surface area contributed by atoms with Crippen molar-refractivity contribution in [1.82, 2.24) is 0 Å². The van der Waals surface area contributed by atoms with Crippen molar-refractivity contribution >= 4 is 92.9 Å². The van der Waals surface area contributed by atoms with E-state index in [4.69, 9.17) is 4.42 Å². The van der Waals surface area contributed by atoms with E-state index in [1.54, 1.807) is 0 Å². The molecule has 1 aromatic heterocycles. The van der Waals surface area contributed by atoms with Crippen LogP contribution < -0.4 is 4.90 Å². The fourth-order valence-corrected chi connectivity index (χ4v) is 9.31. The quantitative estimate of drug-likeness (QED) is 0.164. The van der Waals surface area contributed by atoms with Gasteiger partial charge in [0.1, 0.15) is 11.2 Å². The van der Waals surface area contributed by atoms with Gasteiger partial charge in [0.2, 0.25) is 0 Å². The Kier molecular flexibility index (Phi) is 7.26. The van der Waals surface area contributed by atoms with E-state index in [-0.39, 0.29) is 0 Å². The Morgan fingerprint density at radius 1 is 0.293 bits per heavy atom. The minimum absolute atomic E-state index is 0.900. The van der Waals surface area contributed by atoms with Crippen LogP contribution in [0.15, 0.2) is 217 Å². The van der Waals surface area contributed by atoms with Gasteiger partial charge in [-0.25, -0.2) is 0 Å². The standard InChI is InChI=1S/C56H35NO/c1-4-13-43-36(10-1)26-33-50-45(16-7-18-48(43)50)39-22-29-41(30-23-39)57(53-20-8-19-49-44-14-5-2-11-37(44)27-34-51(49)53)42-31-24-40(25-32-42)46-17-9-21-54-55(46)52-35-28-38-12-3-6-15-47(38)56(52)58-54/h1-35H. The SMILES string of the molecule is c1ccc2c(c1)ccc1c(-c3ccc(N(c4ccc(-c5cccc6oc7c8ccccc8ccc7c56)cc4)c4cccc5c4ccc4ccccc45)cc3)cccc12. The van der Waals surface area contributed by atoms with Crippen LogP contribution >= 0.6 is 0 Å². The van der Waals surface area contributed by atoms with Crippen LogP contribution in [-0.2, 0) is 0 Å². The van der Waals surface area contributed by atoms with E-state index in [2.05, 4.69) is 217 Å². The van der Waals surface area contributed by atoms with E-state index in [0.29, 0.717) is 0 Å². The van der Waals surface area contributed by atoms with Crippen molar-refractivity contribution in [2.45, 2.75) is 0 Å². The van der Waals surface area contributed by atoms with Gasteiger partial charge >= 0.3 is 0 Å². The zero-order valence-corrected chi connectivity index (χ0v) is 31.6. The van der Waals surface area contributed by atoms with Crippen LogP contribution in [0, 0.1) is 0 Å². The van der Waals surface area contributed by atoms with Crippen LogP contribution in [-0.4, -0.2) is 0 Å². The second kappa shape index (κ2) is 12.9. The first-order valence-electron chi connectivity index (χ1n) is 19.9. The predicted octanol–water partition coefficient (Wildman–Crippen LogP) is 16.2. The van der Waals surface area contributed by atoms with Gasteiger partial charge in [-0.2, -0.15) is 0 Å². The van der Waals surface area contributed by atoms with E-state index in [0.717, 1.165) is 55.5 Å². The highest BCUT2D eigenvalue weighted by Crippen LogP contribution is 2.44. The summed E-state index contributed by atoms with van der Waals surface area (Å²) < 4.78 is 6.55. The second-order valence-electron chi connectivity index (χ2n) is 15.2. The zero-order chi connectivity index (χ0) is 38.2. The molecule has 0 aliphatic rings. The summed E-state index contributed by atoms with van der Waals surface area (Å²) in [5.74, 6) is 0. The number of anilines is 3. The van der Waals surface area contributed by atoms with E-state index in [1.807, 2.05) is 0 Å². The molecule has 0 saturated heterocycles. The first-order valence-corrected chi connectivity index (χ1v) is 19.9. The highest BCUT2D eigenvalue weighted by molar-refractivity contribution is 6.19. The molecule has 0 atom stereocenters. The van der Waals surface area contributed by atoms with Crippen LogP contribution in [0.4, 0.5) is 17.1 Å². The summed E-state index contributed by atoms with van der Waals surface area (Å²) >= 11 is 0. The van der Waals surface area contributed by atoms with E-state index < -0.39 is 0 Å². The van der Waals surface area contributed by atoms with Gasteiger partial charge in [0, 0.05) is 32.9 Å². The van der Waals surface area contributed by atoms with Crippen LogP contribution in [0.1, 0.15) is 0 Å². The van der Waals surface area contributed by atoms with Gasteiger partial charge in [0.05, 0.1) is 5.69 Å². The number of hydrogen-bond acceptors (Lipinski definition) is 2. The third-order valence-corrected chi connectivity index (χ3v) is 12.1. The largest absolute Gasteiger partial charge is 0.455 e. The Morgan fingerprint density at radius 2 is 0.776 bits per heavy atom. The summed E-state index contributed by atoms with van der Waals surface area (Å²) in [5, 5.41) is 14.6. The summed E-state index contributed by atoms with van der Waals surface area (Å²) in [6.45, 7) is 0. The molecule has 2 heteroatoms. The number of nitrogens with zero attached hydrogens (tertiary/aromatic N) is 1. The smallest absolute Gasteiger partial charge is 0.143 e. The molecule has 58 heavy (non-hydrogen) atoms. The molecule has 0 aliphatic carbocycles. The Hall–Kier alpha value is -7.68. The monoisotopic (exact) mass is 737 g/mol. The predicted molar refractivity (Wildman–Crippen MR) is 247 cm³/mol. The van der Waals surface area contributed by atoms with Gasteiger partial charge in [0.25, 0.3) is 0 Å². The minimum atomic E-state index is 0.900. The third kappa shape index (κ3) is 5.05. The van der Waals surface area contributed by atoms with Crippen molar-refractivity contribution in [3.05, 3.63) is 212 Å². The highest BCUT2D eigenvalue weighted by Gasteiger charge is 2.19. The van der Waals surface area contributed by atoms with E-state index >= 15 is 0 Å². The van der Waals surface area contributed by atoms with Crippen molar-refractivity contribution in [1.29, 1.82) is 0 Å². The Morgan fingerprint density at radius 3 is 1.45 bits per heavy atom. The van der Waals surface area contributed by atoms with Crippen LogP contribution in [0.25, 0.3) is 98.1 Å². The van der Waals surface area contributed by atoms with E-state index in [9.17, 15) is 0 Å². The Balaban J connectivity index is 1.01. The zero-order valence-electron chi connectivity index (χ0n) is 31.6. The molecule has 2 nitrogen and oxygen atoms in total. The number of hydrogen-bond donors (Lipinski definition) is 0. The first-order chi connectivity index (χ1) is 28.8. The molecule has 0 saturated carbocycles. The molecule has 1 heterocycles. The molecule has 0 N–H and O–H groups in total. The average molecular weight is 738 g/mol. The number of furan rings is 1. The lowest BCUT2D eigenvalue weighted by Gasteiger charge is -2.27. The fraction of sp³-hybridized carbons (Fsp3) is 0. The Bertz CT molecular complexity index is 3560. The first kappa shape index (κ1) is 32.6. The van der Waals surface area contributed by atoms with Crippen LogP contribution in [0.5, 0.6) is 0 Å². The molecular formula is C56H35NO. The third-order valence-electron chi connectivity index (χ3n) is 12.1. The molecule has 0 amide bonds. The van der Waals surface area contributed by atoms with Gasteiger partial charge < -0.3 is 9.32 Å². The average Bonchev–Trinajstić information content (AvgIpc) is 3.69. The lowest BCUT2D eigenvalue weighted by atomic mass is 9.94. The van der Waals surface area contributed by atoms with Gasteiger partial charge in [-0.3, -0.25) is 0 Å². The summed E-state index contributed by atoms with van der Waals surface area (Å²) in [6, 6.07) is 77.0.